The van der Waals surface area contributed by atoms with Gasteiger partial charge in [-0.05, 0) is 55.2 Å². The molecule has 0 fully saturated rings. The normalized spacial score (nSPS) is 11.8. The van der Waals surface area contributed by atoms with Gasteiger partial charge in [-0.2, -0.15) is 0 Å². The number of carboxylic acid groups (broad SMARTS) is 3. The molecule has 1 rings (SSSR count). The highest BCUT2D eigenvalue weighted by Gasteiger charge is 2.22. The standard InChI is InChI=1S/C30H42O6/c1-4-7-10-13-16-19-22-23(20-17-14-11-8-5-2)26(29(33)34)27(30(35)36)24(25(22)28(31)32)21-18-15-12-9-6-3/h16-21H,4-15H2,1-3H3,(H,31,32)(H,33,34)(H,35,36)/p-3/b19-16+,20-17+,21-18+. The number of benzene rings is 1. The van der Waals surface area contributed by atoms with Gasteiger partial charge >= 0.3 is 0 Å². The summed E-state index contributed by atoms with van der Waals surface area (Å²) < 4.78 is 0. The van der Waals surface area contributed by atoms with Gasteiger partial charge in [-0.1, -0.05) is 95.8 Å². The van der Waals surface area contributed by atoms with Crippen molar-refractivity contribution in [3.05, 3.63) is 51.6 Å². The Morgan fingerprint density at radius 1 is 0.500 bits per heavy atom. The molecule has 36 heavy (non-hydrogen) atoms. The number of allylic oxidation sites excluding steroid dienone is 3. The Bertz CT molecular complexity index is 968. The van der Waals surface area contributed by atoms with Crippen LogP contribution in [0.3, 0.4) is 0 Å². The second-order valence-electron chi connectivity index (χ2n) is 8.92. The van der Waals surface area contributed by atoms with E-state index in [0.717, 1.165) is 57.8 Å². The summed E-state index contributed by atoms with van der Waals surface area (Å²) in [6, 6.07) is 0. The van der Waals surface area contributed by atoms with Gasteiger partial charge in [0.1, 0.15) is 0 Å². The first-order valence-electron chi connectivity index (χ1n) is 13.2. The van der Waals surface area contributed by atoms with Crippen molar-refractivity contribution in [2.24, 2.45) is 0 Å². The lowest BCUT2D eigenvalue weighted by atomic mass is 9.85. The molecule has 0 aliphatic carbocycles. The van der Waals surface area contributed by atoms with Crippen LogP contribution in [0.25, 0.3) is 18.2 Å². The number of carbonyl (C=O) groups is 3. The maximum atomic E-state index is 12.4. The lowest BCUT2D eigenvalue weighted by Gasteiger charge is -2.25. The van der Waals surface area contributed by atoms with E-state index in [0.29, 0.717) is 19.3 Å². The van der Waals surface area contributed by atoms with E-state index in [-0.39, 0.29) is 22.3 Å². The van der Waals surface area contributed by atoms with Crippen molar-refractivity contribution in [3.63, 3.8) is 0 Å². The molecular formula is C30H39O6-3. The van der Waals surface area contributed by atoms with Crippen molar-refractivity contribution in [3.8, 4) is 0 Å². The average molecular weight is 496 g/mol. The Morgan fingerprint density at radius 2 is 0.806 bits per heavy atom. The largest absolute Gasteiger partial charge is 0.545 e. The van der Waals surface area contributed by atoms with Crippen LogP contribution in [0, 0.1) is 0 Å². The van der Waals surface area contributed by atoms with Gasteiger partial charge in [-0.3, -0.25) is 0 Å². The van der Waals surface area contributed by atoms with Crippen LogP contribution in [-0.4, -0.2) is 17.9 Å². The monoisotopic (exact) mass is 495 g/mol. The van der Waals surface area contributed by atoms with Crippen molar-refractivity contribution < 1.29 is 29.7 Å². The molecule has 0 unspecified atom stereocenters. The van der Waals surface area contributed by atoms with Gasteiger partial charge in [0.2, 0.25) is 0 Å². The predicted molar refractivity (Wildman–Crippen MR) is 139 cm³/mol. The van der Waals surface area contributed by atoms with E-state index in [1.165, 1.54) is 12.2 Å². The number of unbranched alkanes of at least 4 members (excludes halogenated alkanes) is 9. The molecule has 0 spiro atoms. The summed E-state index contributed by atoms with van der Waals surface area (Å²) in [7, 11) is 0. The highest BCUT2D eigenvalue weighted by Crippen LogP contribution is 2.32. The topological polar surface area (TPSA) is 120 Å². The van der Waals surface area contributed by atoms with Crippen molar-refractivity contribution in [1.82, 2.24) is 0 Å². The minimum atomic E-state index is -1.77. The van der Waals surface area contributed by atoms with Gasteiger partial charge in [-0.25, -0.2) is 0 Å². The van der Waals surface area contributed by atoms with E-state index >= 15 is 0 Å². The smallest absolute Gasteiger partial charge is 0.0728 e. The highest BCUT2D eigenvalue weighted by atomic mass is 16.4. The molecule has 0 bridgehead atoms. The van der Waals surface area contributed by atoms with Crippen molar-refractivity contribution in [1.29, 1.82) is 0 Å². The van der Waals surface area contributed by atoms with Crippen LogP contribution in [0.5, 0.6) is 0 Å². The maximum Gasteiger partial charge on any atom is 0.0728 e. The van der Waals surface area contributed by atoms with Crippen LogP contribution in [0.4, 0.5) is 0 Å². The summed E-state index contributed by atoms with van der Waals surface area (Å²) in [6.45, 7) is 6.18. The van der Waals surface area contributed by atoms with Crippen LogP contribution in [0.2, 0.25) is 0 Å². The molecule has 0 aliphatic heterocycles. The van der Waals surface area contributed by atoms with Crippen molar-refractivity contribution in [2.45, 2.75) is 97.8 Å². The Labute approximate surface area is 215 Å². The molecular weight excluding hydrogens is 456 g/mol. The van der Waals surface area contributed by atoms with E-state index in [2.05, 4.69) is 13.8 Å². The van der Waals surface area contributed by atoms with E-state index < -0.39 is 29.0 Å². The van der Waals surface area contributed by atoms with Crippen LogP contribution >= 0.6 is 0 Å². The van der Waals surface area contributed by atoms with Gasteiger partial charge in [0.05, 0.1) is 17.9 Å². The van der Waals surface area contributed by atoms with Gasteiger partial charge in [-0.15, -0.1) is 0 Å². The summed E-state index contributed by atoms with van der Waals surface area (Å²) in [6.07, 6.45) is 20.1. The van der Waals surface area contributed by atoms with Gasteiger partial charge in [0.15, 0.2) is 0 Å². The van der Waals surface area contributed by atoms with Crippen LogP contribution < -0.4 is 15.3 Å². The SMILES string of the molecule is CCCCC/C=C/c1c(/C=C/CCCCC)c(C(=O)[O-])c(C(=O)[O-])c(/C=C/CCCCC)c1C(=O)[O-]. The predicted octanol–water partition coefficient (Wildman–Crippen LogP) is 4.56. The number of aromatic carboxylic acids is 3. The molecule has 1 aromatic carbocycles. The first-order chi connectivity index (χ1) is 17.3. The maximum absolute atomic E-state index is 12.4. The zero-order valence-corrected chi connectivity index (χ0v) is 21.9. The third-order valence-corrected chi connectivity index (χ3v) is 6.01. The number of hydrogen-bond donors (Lipinski definition) is 0. The summed E-state index contributed by atoms with van der Waals surface area (Å²) in [4.78, 5) is 36.8. The minimum absolute atomic E-state index is 0.0141. The molecule has 0 aromatic heterocycles. The second kappa shape index (κ2) is 17.3. The molecule has 1 aromatic rings. The van der Waals surface area contributed by atoms with E-state index in [4.69, 9.17) is 0 Å². The van der Waals surface area contributed by atoms with E-state index in [9.17, 15) is 29.7 Å². The minimum Gasteiger partial charge on any atom is -0.545 e. The Kier molecular flexibility index (Phi) is 14.8. The van der Waals surface area contributed by atoms with Gasteiger partial charge in [0.25, 0.3) is 0 Å². The van der Waals surface area contributed by atoms with Crippen LogP contribution in [-0.2, 0) is 0 Å². The fraction of sp³-hybridized carbons (Fsp3) is 0.500. The van der Waals surface area contributed by atoms with E-state index in [1.807, 2.05) is 6.92 Å². The number of carboxylic acids is 3. The fourth-order valence-corrected chi connectivity index (χ4v) is 4.11. The Balaban J connectivity index is 3.89. The molecule has 0 amide bonds. The lowest BCUT2D eigenvalue weighted by molar-refractivity contribution is -0.260. The summed E-state index contributed by atoms with van der Waals surface area (Å²) in [5, 5.41) is 36.8. The highest BCUT2D eigenvalue weighted by molar-refractivity contribution is 6.11. The summed E-state index contributed by atoms with van der Waals surface area (Å²) >= 11 is 0. The Morgan fingerprint density at radius 3 is 1.14 bits per heavy atom. The first kappa shape index (κ1) is 30.9. The van der Waals surface area contributed by atoms with Gasteiger partial charge < -0.3 is 29.7 Å². The molecule has 0 atom stereocenters. The van der Waals surface area contributed by atoms with Crippen LogP contribution in [0.15, 0.2) is 18.2 Å². The van der Waals surface area contributed by atoms with Crippen molar-refractivity contribution >= 4 is 36.1 Å². The molecule has 6 nitrogen and oxygen atoms in total. The number of carbonyl (C=O) groups excluding carboxylic acids is 3. The molecule has 0 saturated heterocycles. The second-order valence-corrected chi connectivity index (χ2v) is 8.92. The Hall–Kier alpha value is -3.15. The zero-order valence-electron chi connectivity index (χ0n) is 21.9. The number of rotatable bonds is 18. The molecule has 0 heterocycles. The summed E-state index contributed by atoms with van der Waals surface area (Å²) in [5.74, 6) is -5.05. The first-order valence-corrected chi connectivity index (χ1v) is 13.2. The molecule has 0 radical (unpaired) electrons. The molecule has 0 aliphatic rings. The molecule has 0 N–H and O–H groups in total. The van der Waals surface area contributed by atoms with Gasteiger partial charge in [0, 0.05) is 16.7 Å². The lowest BCUT2D eigenvalue weighted by Crippen LogP contribution is -2.34. The zero-order chi connectivity index (χ0) is 26.9. The average Bonchev–Trinajstić information content (AvgIpc) is 2.83. The molecule has 0 saturated carbocycles. The molecule has 6 heteroatoms. The molecule has 198 valence electrons. The third-order valence-electron chi connectivity index (χ3n) is 6.01. The quantitative estimate of drug-likeness (QED) is 0.275. The van der Waals surface area contributed by atoms with E-state index in [1.54, 1.807) is 24.3 Å². The third kappa shape index (κ3) is 9.48. The summed E-state index contributed by atoms with van der Waals surface area (Å²) in [5.41, 5.74) is -1.77. The van der Waals surface area contributed by atoms with Crippen molar-refractivity contribution in [2.75, 3.05) is 0 Å². The number of hydrogen-bond acceptors (Lipinski definition) is 6. The fourth-order valence-electron chi connectivity index (χ4n) is 4.11. The van der Waals surface area contributed by atoms with Crippen LogP contribution in [0.1, 0.15) is 146 Å².